The van der Waals surface area contributed by atoms with Crippen molar-refractivity contribution >= 4 is 40.5 Å². The van der Waals surface area contributed by atoms with E-state index >= 15 is 0 Å². The minimum atomic E-state index is -0.264. The van der Waals surface area contributed by atoms with E-state index in [9.17, 15) is 0 Å². The standard InChI is InChI=1S/C12H14Cl2O2S/c1-3-11(12(17)15-4-2)16-10-6-8(13)5-9(14)7-10/h5-7,11H,3-4H2,1-2H3. The van der Waals surface area contributed by atoms with E-state index in [4.69, 9.17) is 44.9 Å². The van der Waals surface area contributed by atoms with Gasteiger partial charge in [-0.15, -0.1) is 0 Å². The Kier molecular flexibility index (Phi) is 6.03. The lowest BCUT2D eigenvalue weighted by Gasteiger charge is -2.18. The molecular weight excluding hydrogens is 279 g/mol. The Morgan fingerprint density at radius 3 is 2.29 bits per heavy atom. The summed E-state index contributed by atoms with van der Waals surface area (Å²) in [4.78, 5) is 0. The van der Waals surface area contributed by atoms with Crippen LogP contribution in [0.15, 0.2) is 18.2 Å². The van der Waals surface area contributed by atoms with Gasteiger partial charge >= 0.3 is 0 Å². The van der Waals surface area contributed by atoms with Crippen molar-refractivity contribution in [2.45, 2.75) is 26.4 Å². The predicted octanol–water partition coefficient (Wildman–Crippen LogP) is 4.51. The quantitative estimate of drug-likeness (QED) is 0.744. The maximum absolute atomic E-state index is 5.89. The number of rotatable bonds is 5. The first-order valence-corrected chi connectivity index (χ1v) is 6.52. The van der Waals surface area contributed by atoms with Crippen molar-refractivity contribution in [3.8, 4) is 5.75 Å². The van der Waals surface area contributed by atoms with Gasteiger partial charge < -0.3 is 9.47 Å². The molecule has 0 bridgehead atoms. The van der Waals surface area contributed by atoms with Gasteiger partial charge in [0, 0.05) is 10.0 Å². The molecular formula is C12H14Cl2O2S. The van der Waals surface area contributed by atoms with E-state index in [2.05, 4.69) is 0 Å². The van der Waals surface area contributed by atoms with Crippen LogP contribution >= 0.6 is 35.4 Å². The molecule has 0 aliphatic rings. The Hall–Kier alpha value is -0.510. The third-order valence-corrected chi connectivity index (χ3v) is 2.85. The van der Waals surface area contributed by atoms with E-state index in [0.29, 0.717) is 27.5 Å². The maximum Gasteiger partial charge on any atom is 0.201 e. The molecule has 0 radical (unpaired) electrons. The molecule has 0 N–H and O–H groups in total. The predicted molar refractivity (Wildman–Crippen MR) is 75.4 cm³/mol. The van der Waals surface area contributed by atoms with Crippen LogP contribution < -0.4 is 4.74 Å². The van der Waals surface area contributed by atoms with Crippen LogP contribution in [0.3, 0.4) is 0 Å². The zero-order chi connectivity index (χ0) is 12.8. The summed E-state index contributed by atoms with van der Waals surface area (Å²) in [5, 5.41) is 1.51. The number of thiocarbonyl (C=S) groups is 1. The third-order valence-electron chi connectivity index (χ3n) is 2.03. The first-order chi connectivity index (χ1) is 8.06. The van der Waals surface area contributed by atoms with Gasteiger partial charge in [0.2, 0.25) is 5.05 Å². The lowest BCUT2D eigenvalue weighted by molar-refractivity contribution is 0.213. The normalized spacial score (nSPS) is 12.0. The van der Waals surface area contributed by atoms with E-state index in [1.807, 2.05) is 13.8 Å². The average molecular weight is 293 g/mol. The lowest BCUT2D eigenvalue weighted by Crippen LogP contribution is -2.27. The number of hydrogen-bond donors (Lipinski definition) is 0. The van der Waals surface area contributed by atoms with Crippen molar-refractivity contribution < 1.29 is 9.47 Å². The first-order valence-electron chi connectivity index (χ1n) is 5.36. The molecule has 0 aliphatic carbocycles. The molecule has 1 aromatic carbocycles. The summed E-state index contributed by atoms with van der Waals surface area (Å²) in [7, 11) is 0. The molecule has 0 aliphatic heterocycles. The van der Waals surface area contributed by atoms with Crippen molar-refractivity contribution in [2.24, 2.45) is 0 Å². The van der Waals surface area contributed by atoms with Gasteiger partial charge in [-0.1, -0.05) is 30.1 Å². The van der Waals surface area contributed by atoms with Gasteiger partial charge in [-0.3, -0.25) is 0 Å². The largest absolute Gasteiger partial charge is 0.484 e. The first kappa shape index (κ1) is 14.6. The monoisotopic (exact) mass is 292 g/mol. The van der Waals surface area contributed by atoms with Crippen LogP contribution in [-0.2, 0) is 4.74 Å². The molecule has 0 saturated carbocycles. The van der Waals surface area contributed by atoms with Crippen molar-refractivity contribution in [1.29, 1.82) is 0 Å². The molecule has 1 unspecified atom stereocenters. The highest BCUT2D eigenvalue weighted by Gasteiger charge is 2.15. The Bertz CT molecular complexity index is 376. The van der Waals surface area contributed by atoms with Crippen LogP contribution in [0.25, 0.3) is 0 Å². The minimum Gasteiger partial charge on any atom is -0.484 e. The highest BCUT2D eigenvalue weighted by molar-refractivity contribution is 7.80. The van der Waals surface area contributed by atoms with Gasteiger partial charge in [-0.05, 0) is 43.8 Å². The van der Waals surface area contributed by atoms with Crippen LogP contribution in [0.2, 0.25) is 10.0 Å². The molecule has 0 heterocycles. The maximum atomic E-state index is 5.89. The Balaban J connectivity index is 2.76. The topological polar surface area (TPSA) is 18.5 Å². The summed E-state index contributed by atoms with van der Waals surface area (Å²) in [5.41, 5.74) is 0. The van der Waals surface area contributed by atoms with E-state index in [-0.39, 0.29) is 6.10 Å². The fourth-order valence-corrected chi connectivity index (χ4v) is 2.13. The number of halogens is 2. The van der Waals surface area contributed by atoms with Crippen LogP contribution in [-0.4, -0.2) is 17.8 Å². The van der Waals surface area contributed by atoms with Gasteiger partial charge in [0.15, 0.2) is 6.10 Å². The summed E-state index contributed by atoms with van der Waals surface area (Å²) in [6.45, 7) is 4.40. The van der Waals surface area contributed by atoms with E-state index in [0.717, 1.165) is 6.42 Å². The van der Waals surface area contributed by atoms with Crippen LogP contribution in [0, 0.1) is 0 Å². The number of hydrogen-bond acceptors (Lipinski definition) is 3. The molecule has 0 amide bonds. The zero-order valence-corrected chi connectivity index (χ0v) is 12.0. The lowest BCUT2D eigenvalue weighted by atomic mass is 10.3. The highest BCUT2D eigenvalue weighted by Crippen LogP contribution is 2.25. The van der Waals surface area contributed by atoms with E-state index < -0.39 is 0 Å². The summed E-state index contributed by atoms with van der Waals surface area (Å²) in [6, 6.07) is 5.05. The average Bonchev–Trinajstić information content (AvgIpc) is 2.24. The van der Waals surface area contributed by atoms with Crippen molar-refractivity contribution in [3.05, 3.63) is 28.2 Å². The third kappa shape index (κ3) is 4.70. The molecule has 94 valence electrons. The molecule has 17 heavy (non-hydrogen) atoms. The molecule has 1 atom stereocenters. The Labute approximate surface area is 117 Å². The Morgan fingerprint density at radius 1 is 1.24 bits per heavy atom. The fraction of sp³-hybridized carbons (Fsp3) is 0.417. The van der Waals surface area contributed by atoms with E-state index in [1.165, 1.54) is 0 Å². The molecule has 0 aromatic heterocycles. The highest BCUT2D eigenvalue weighted by atomic mass is 35.5. The zero-order valence-electron chi connectivity index (χ0n) is 9.70. The molecule has 0 saturated heterocycles. The molecule has 1 rings (SSSR count). The second kappa shape index (κ2) is 7.04. The van der Waals surface area contributed by atoms with Gasteiger partial charge in [0.1, 0.15) is 5.75 Å². The fourth-order valence-electron chi connectivity index (χ4n) is 1.29. The minimum absolute atomic E-state index is 0.264. The number of benzene rings is 1. The van der Waals surface area contributed by atoms with Gasteiger partial charge in [0.25, 0.3) is 0 Å². The summed E-state index contributed by atoms with van der Waals surface area (Å²) in [6.07, 6.45) is 0.461. The van der Waals surface area contributed by atoms with Crippen LogP contribution in [0.1, 0.15) is 20.3 Å². The summed E-state index contributed by atoms with van der Waals surface area (Å²) >= 11 is 16.9. The summed E-state index contributed by atoms with van der Waals surface area (Å²) in [5.74, 6) is 0.594. The second-order valence-electron chi connectivity index (χ2n) is 3.37. The molecule has 5 heteroatoms. The van der Waals surface area contributed by atoms with Gasteiger partial charge in [0.05, 0.1) is 6.61 Å². The van der Waals surface area contributed by atoms with Crippen LogP contribution in [0.4, 0.5) is 0 Å². The van der Waals surface area contributed by atoms with Crippen molar-refractivity contribution in [2.75, 3.05) is 6.61 Å². The second-order valence-corrected chi connectivity index (χ2v) is 4.65. The van der Waals surface area contributed by atoms with Crippen LogP contribution in [0.5, 0.6) is 5.75 Å². The molecule has 1 aromatic rings. The van der Waals surface area contributed by atoms with Crippen molar-refractivity contribution in [1.82, 2.24) is 0 Å². The Morgan fingerprint density at radius 2 is 1.82 bits per heavy atom. The van der Waals surface area contributed by atoms with E-state index in [1.54, 1.807) is 18.2 Å². The molecule has 0 fully saturated rings. The molecule has 2 nitrogen and oxygen atoms in total. The summed E-state index contributed by atoms with van der Waals surface area (Å²) < 4.78 is 11.0. The SMILES string of the molecule is CCOC(=S)C(CC)Oc1cc(Cl)cc(Cl)c1. The van der Waals surface area contributed by atoms with Gasteiger partial charge in [-0.25, -0.2) is 0 Å². The van der Waals surface area contributed by atoms with Crippen molar-refractivity contribution in [3.63, 3.8) is 0 Å². The smallest absolute Gasteiger partial charge is 0.201 e. The van der Waals surface area contributed by atoms with Gasteiger partial charge in [-0.2, -0.15) is 0 Å². The molecule has 0 spiro atoms. The number of ether oxygens (including phenoxy) is 2.